The van der Waals surface area contributed by atoms with Crippen molar-refractivity contribution in [3.8, 4) is 0 Å². The van der Waals surface area contributed by atoms with Crippen LogP contribution in [-0.4, -0.2) is 16.3 Å². The fraction of sp³-hybridized carbons (Fsp3) is 1.00. The molecule has 0 radical (unpaired) electrons. The summed E-state index contributed by atoms with van der Waals surface area (Å²) in [6, 6.07) is 0. The summed E-state index contributed by atoms with van der Waals surface area (Å²) in [6.45, 7) is 1.85. The van der Waals surface area contributed by atoms with Crippen LogP contribution in [0.4, 0.5) is 0 Å². The molecule has 9 heavy (non-hydrogen) atoms. The van der Waals surface area contributed by atoms with Crippen molar-refractivity contribution in [1.82, 2.24) is 0 Å². The summed E-state index contributed by atoms with van der Waals surface area (Å²) in [6.07, 6.45) is 0.0548. The quantitative estimate of drug-likeness (QED) is 0.457. The van der Waals surface area contributed by atoms with Gasteiger partial charge in [0, 0.05) is 0 Å². The summed E-state index contributed by atoms with van der Waals surface area (Å²) in [4.78, 5) is 8.11. The third kappa shape index (κ3) is 5.99. The molecule has 0 aliphatic carbocycles. The highest BCUT2D eigenvalue weighted by Crippen LogP contribution is 2.18. The lowest BCUT2D eigenvalue weighted by atomic mass is 10.3. The van der Waals surface area contributed by atoms with Crippen molar-refractivity contribution in [2.75, 3.05) is 0 Å². The minimum atomic E-state index is -2.96. The third-order valence-electron chi connectivity index (χ3n) is 0.772. The van der Waals surface area contributed by atoms with Crippen molar-refractivity contribution in [3.63, 3.8) is 0 Å². The Morgan fingerprint density at radius 3 is 2.67 bits per heavy atom. The Bertz CT molecular complexity index is 94.6. The van der Waals surface area contributed by atoms with E-state index in [4.69, 9.17) is 10.00 Å². The molecule has 2 N–H and O–H groups in total. The summed E-state index contributed by atoms with van der Waals surface area (Å²) in [5.74, 6) is 0. The molecule has 56 valence electrons. The van der Waals surface area contributed by atoms with Crippen LogP contribution in [0.15, 0.2) is 0 Å². The van der Waals surface area contributed by atoms with Gasteiger partial charge in [0.2, 0.25) is 0 Å². The molecule has 2 atom stereocenters. The van der Waals surface area contributed by atoms with Gasteiger partial charge in [0.15, 0.2) is 6.29 Å². The van der Waals surface area contributed by atoms with Gasteiger partial charge in [-0.05, 0) is 6.42 Å². The fourth-order valence-corrected chi connectivity index (χ4v) is 0.773. The number of aliphatic hydroxyl groups is 1. The molecule has 0 saturated carbocycles. The molecule has 0 aliphatic rings. The van der Waals surface area contributed by atoms with Crippen LogP contribution in [0.3, 0.4) is 0 Å². The summed E-state index contributed by atoms with van der Waals surface area (Å²) in [7, 11) is -2.96. The van der Waals surface area contributed by atoms with Crippen LogP contribution in [0, 0.1) is 0 Å². The average Bonchev–Trinajstić information content (AvgIpc) is 1.63. The monoisotopic (exact) mass is 154 g/mol. The highest BCUT2D eigenvalue weighted by atomic mass is 31.1. The molecule has 2 unspecified atom stereocenters. The molecule has 0 fully saturated rings. The number of aliphatic hydroxyl groups excluding tert-OH is 1. The largest absolute Gasteiger partial charge is 0.368 e. The van der Waals surface area contributed by atoms with Crippen LogP contribution in [-0.2, 0) is 9.09 Å². The second kappa shape index (κ2) is 4.94. The van der Waals surface area contributed by atoms with Gasteiger partial charge < -0.3 is 10.00 Å². The molecule has 0 saturated heterocycles. The highest BCUT2D eigenvalue weighted by Gasteiger charge is 2.03. The zero-order valence-electron chi connectivity index (χ0n) is 5.20. The molecule has 0 heterocycles. The molecule has 0 aromatic heterocycles. The molecular weight excluding hydrogens is 143 g/mol. The second-order valence-electron chi connectivity index (χ2n) is 1.63. The van der Waals surface area contributed by atoms with Gasteiger partial charge in [-0.2, -0.15) is 0 Å². The van der Waals surface area contributed by atoms with Gasteiger partial charge in [-0.25, -0.2) is 0 Å². The summed E-state index contributed by atoms with van der Waals surface area (Å²) in [5.41, 5.74) is 0. The summed E-state index contributed by atoms with van der Waals surface area (Å²) >= 11 is 0. The molecule has 0 bridgehead atoms. The molecule has 0 aromatic rings. The van der Waals surface area contributed by atoms with Crippen LogP contribution in [0.5, 0.6) is 0 Å². The van der Waals surface area contributed by atoms with Crippen molar-refractivity contribution in [2.45, 2.75) is 26.1 Å². The molecule has 0 aliphatic heterocycles. The second-order valence-corrected chi connectivity index (χ2v) is 2.39. The van der Waals surface area contributed by atoms with E-state index in [1.54, 1.807) is 0 Å². The maximum Gasteiger partial charge on any atom is 0.318 e. The van der Waals surface area contributed by atoms with Crippen molar-refractivity contribution in [2.24, 2.45) is 0 Å². The predicted octanol–water partition coefficient (Wildman–Crippen LogP) is 0.503. The minimum Gasteiger partial charge on any atom is -0.368 e. The van der Waals surface area contributed by atoms with Crippen molar-refractivity contribution in [3.05, 3.63) is 0 Å². The van der Waals surface area contributed by atoms with Gasteiger partial charge in [0.05, 0.1) is 0 Å². The van der Waals surface area contributed by atoms with E-state index in [-0.39, 0.29) is 0 Å². The lowest BCUT2D eigenvalue weighted by Gasteiger charge is -2.05. The van der Waals surface area contributed by atoms with E-state index in [2.05, 4.69) is 4.52 Å². The zero-order chi connectivity index (χ0) is 7.28. The molecule has 4 nitrogen and oxygen atoms in total. The fourth-order valence-electron chi connectivity index (χ4n) is 0.422. The van der Waals surface area contributed by atoms with Crippen LogP contribution in [0.1, 0.15) is 19.8 Å². The van der Waals surface area contributed by atoms with Crippen molar-refractivity contribution >= 4 is 8.25 Å². The topological polar surface area (TPSA) is 66.8 Å². The van der Waals surface area contributed by atoms with Crippen molar-refractivity contribution in [1.29, 1.82) is 0 Å². The zero-order valence-corrected chi connectivity index (χ0v) is 6.20. The minimum absolute atomic E-state index is 0.400. The first-order chi connectivity index (χ1) is 4.16. The molecule has 0 amide bonds. The molecule has 0 spiro atoms. The smallest absolute Gasteiger partial charge is 0.318 e. The van der Waals surface area contributed by atoms with E-state index >= 15 is 0 Å². The maximum atomic E-state index is 9.89. The Balaban J connectivity index is 3.26. The first kappa shape index (κ1) is 9.11. The molecule has 5 heteroatoms. The first-order valence-corrected chi connectivity index (χ1v) is 4.00. The van der Waals surface area contributed by atoms with E-state index in [0.717, 1.165) is 6.42 Å². The molecule has 0 aromatic carbocycles. The van der Waals surface area contributed by atoms with E-state index < -0.39 is 14.5 Å². The standard InChI is InChI=1S/C4H11O4P/c1-2-3-4(5)8-9(6)7/h4-5,9H,2-3H2,1H3,(H,6,7). The predicted molar refractivity (Wildman–Crippen MR) is 33.2 cm³/mol. The van der Waals surface area contributed by atoms with Crippen LogP contribution < -0.4 is 0 Å². The molecule has 0 rings (SSSR count). The Hall–Kier alpha value is 0.110. The Kier molecular flexibility index (Phi) is 5.00. The Labute approximate surface area is 54.4 Å². The van der Waals surface area contributed by atoms with Gasteiger partial charge >= 0.3 is 8.25 Å². The maximum absolute atomic E-state index is 9.89. The van der Waals surface area contributed by atoms with E-state index in [9.17, 15) is 4.57 Å². The van der Waals surface area contributed by atoms with E-state index in [1.807, 2.05) is 6.92 Å². The van der Waals surface area contributed by atoms with Crippen LogP contribution in [0.25, 0.3) is 0 Å². The van der Waals surface area contributed by atoms with Gasteiger partial charge in [0.25, 0.3) is 0 Å². The lowest BCUT2D eigenvalue weighted by molar-refractivity contribution is -0.0244. The van der Waals surface area contributed by atoms with Crippen molar-refractivity contribution < 1.29 is 19.1 Å². The van der Waals surface area contributed by atoms with Gasteiger partial charge in [0.1, 0.15) is 0 Å². The Morgan fingerprint density at radius 1 is 1.78 bits per heavy atom. The summed E-state index contributed by atoms with van der Waals surface area (Å²) < 4.78 is 14.0. The highest BCUT2D eigenvalue weighted by molar-refractivity contribution is 7.32. The van der Waals surface area contributed by atoms with Crippen LogP contribution in [0.2, 0.25) is 0 Å². The van der Waals surface area contributed by atoms with E-state index in [0.29, 0.717) is 6.42 Å². The van der Waals surface area contributed by atoms with Gasteiger partial charge in [-0.15, -0.1) is 0 Å². The van der Waals surface area contributed by atoms with Crippen LogP contribution >= 0.6 is 8.25 Å². The number of hydrogen-bond acceptors (Lipinski definition) is 3. The third-order valence-corrected chi connectivity index (χ3v) is 1.25. The average molecular weight is 154 g/mol. The lowest BCUT2D eigenvalue weighted by Crippen LogP contribution is -2.05. The number of hydrogen-bond donors (Lipinski definition) is 2. The van der Waals surface area contributed by atoms with Gasteiger partial charge in [-0.1, -0.05) is 13.3 Å². The number of rotatable bonds is 4. The summed E-state index contributed by atoms with van der Waals surface area (Å²) in [5, 5.41) is 8.66. The first-order valence-electron chi connectivity index (χ1n) is 2.74. The van der Waals surface area contributed by atoms with Gasteiger partial charge in [-0.3, -0.25) is 9.09 Å². The normalized spacial score (nSPS) is 17.2. The SMILES string of the molecule is CCCC(O)O[PH](=O)O. The Morgan fingerprint density at radius 2 is 2.33 bits per heavy atom. The molecular formula is C4H11O4P. The van der Waals surface area contributed by atoms with E-state index in [1.165, 1.54) is 0 Å².